The van der Waals surface area contributed by atoms with E-state index in [4.69, 9.17) is 0 Å². The molecule has 0 saturated carbocycles. The monoisotopic (exact) mass is 361 g/mol. The number of carbonyl (C=O) groups is 2. The van der Waals surface area contributed by atoms with Crippen molar-refractivity contribution in [2.45, 2.75) is 13.0 Å². The maximum absolute atomic E-state index is 13.8. The van der Waals surface area contributed by atoms with E-state index in [1.54, 1.807) is 38.1 Å². The van der Waals surface area contributed by atoms with E-state index in [0.717, 1.165) is 5.56 Å². The molecule has 2 N–H and O–H groups in total. The highest BCUT2D eigenvalue weighted by atomic mass is 19.1. The SMILES string of the molecule is Cc1ccc(NC(=O)CNC(=O)[C@@H](c2cccc(F)c2)N(C)C)c(F)c1. The molecule has 0 heterocycles. The summed E-state index contributed by atoms with van der Waals surface area (Å²) in [6, 6.07) is 9.39. The van der Waals surface area contributed by atoms with E-state index in [1.165, 1.54) is 30.3 Å². The molecule has 0 aliphatic rings. The van der Waals surface area contributed by atoms with Crippen LogP contribution in [0.25, 0.3) is 0 Å². The minimum absolute atomic E-state index is 0.0455. The highest BCUT2D eigenvalue weighted by Crippen LogP contribution is 2.19. The zero-order chi connectivity index (χ0) is 19.3. The van der Waals surface area contributed by atoms with Crippen LogP contribution in [0, 0.1) is 18.6 Å². The summed E-state index contributed by atoms with van der Waals surface area (Å²) >= 11 is 0. The quantitative estimate of drug-likeness (QED) is 0.832. The van der Waals surface area contributed by atoms with Gasteiger partial charge in [-0.1, -0.05) is 18.2 Å². The van der Waals surface area contributed by atoms with Gasteiger partial charge in [0.2, 0.25) is 11.8 Å². The summed E-state index contributed by atoms with van der Waals surface area (Å²) in [5.74, 6) is -2.01. The molecule has 2 rings (SSSR count). The number of benzene rings is 2. The Hall–Kier alpha value is -2.80. The maximum atomic E-state index is 13.8. The smallest absolute Gasteiger partial charge is 0.243 e. The van der Waals surface area contributed by atoms with Crippen LogP contribution < -0.4 is 10.6 Å². The first-order chi connectivity index (χ1) is 12.3. The lowest BCUT2D eigenvalue weighted by molar-refractivity contribution is -0.127. The second kappa shape index (κ2) is 8.53. The van der Waals surface area contributed by atoms with Crippen LogP contribution in [0.2, 0.25) is 0 Å². The van der Waals surface area contributed by atoms with Crippen molar-refractivity contribution in [3.63, 3.8) is 0 Å². The number of halogens is 2. The summed E-state index contributed by atoms with van der Waals surface area (Å²) in [5.41, 5.74) is 1.25. The van der Waals surface area contributed by atoms with E-state index < -0.39 is 29.5 Å². The van der Waals surface area contributed by atoms with Crippen LogP contribution in [0.15, 0.2) is 42.5 Å². The van der Waals surface area contributed by atoms with Gasteiger partial charge in [-0.3, -0.25) is 14.5 Å². The first kappa shape index (κ1) is 19.5. The highest BCUT2D eigenvalue weighted by Gasteiger charge is 2.23. The third-order valence-corrected chi connectivity index (χ3v) is 3.75. The Labute approximate surface area is 151 Å². The second-order valence-corrected chi connectivity index (χ2v) is 6.17. The molecule has 26 heavy (non-hydrogen) atoms. The van der Waals surface area contributed by atoms with Gasteiger partial charge >= 0.3 is 0 Å². The molecule has 5 nitrogen and oxygen atoms in total. The van der Waals surface area contributed by atoms with Crippen molar-refractivity contribution >= 4 is 17.5 Å². The molecule has 1 atom stereocenters. The van der Waals surface area contributed by atoms with Crippen LogP contribution in [0.1, 0.15) is 17.2 Å². The zero-order valence-corrected chi connectivity index (χ0v) is 14.8. The van der Waals surface area contributed by atoms with Crippen molar-refractivity contribution in [1.82, 2.24) is 10.2 Å². The zero-order valence-electron chi connectivity index (χ0n) is 14.8. The number of hydrogen-bond donors (Lipinski definition) is 2. The molecule has 0 unspecified atom stereocenters. The Morgan fingerprint density at radius 2 is 1.85 bits per heavy atom. The van der Waals surface area contributed by atoms with Gasteiger partial charge in [0.15, 0.2) is 0 Å². The summed E-state index contributed by atoms with van der Waals surface area (Å²) in [4.78, 5) is 26.0. The van der Waals surface area contributed by atoms with Crippen LogP contribution in [0.3, 0.4) is 0 Å². The number of nitrogens with one attached hydrogen (secondary N) is 2. The minimum atomic E-state index is -0.755. The van der Waals surface area contributed by atoms with Crippen molar-refractivity contribution in [3.8, 4) is 0 Å². The van der Waals surface area contributed by atoms with Crippen LogP contribution in [-0.2, 0) is 9.59 Å². The van der Waals surface area contributed by atoms with Gasteiger partial charge in [0.25, 0.3) is 0 Å². The van der Waals surface area contributed by atoms with Gasteiger partial charge in [0.1, 0.15) is 17.7 Å². The third kappa shape index (κ3) is 5.10. The Bertz CT molecular complexity index is 809. The van der Waals surface area contributed by atoms with E-state index in [-0.39, 0.29) is 12.2 Å². The number of aryl methyl sites for hydroxylation is 1. The van der Waals surface area contributed by atoms with Crippen molar-refractivity contribution in [1.29, 1.82) is 0 Å². The van der Waals surface area contributed by atoms with Gasteiger partial charge in [-0.2, -0.15) is 0 Å². The van der Waals surface area contributed by atoms with Gasteiger partial charge in [-0.05, 0) is 56.4 Å². The Kier molecular flexibility index (Phi) is 6.41. The lowest BCUT2D eigenvalue weighted by Crippen LogP contribution is -2.40. The van der Waals surface area contributed by atoms with Gasteiger partial charge < -0.3 is 10.6 Å². The fourth-order valence-corrected chi connectivity index (χ4v) is 2.54. The largest absolute Gasteiger partial charge is 0.345 e. The molecule has 0 saturated heterocycles. The van der Waals surface area contributed by atoms with Gasteiger partial charge in [-0.25, -0.2) is 8.78 Å². The number of anilines is 1. The van der Waals surface area contributed by atoms with Crippen molar-refractivity contribution in [2.75, 3.05) is 26.0 Å². The van der Waals surface area contributed by atoms with E-state index in [0.29, 0.717) is 5.56 Å². The summed E-state index contributed by atoms with van der Waals surface area (Å²) in [6.45, 7) is 1.41. The van der Waals surface area contributed by atoms with E-state index in [1.807, 2.05) is 0 Å². The van der Waals surface area contributed by atoms with E-state index >= 15 is 0 Å². The average Bonchev–Trinajstić information content (AvgIpc) is 2.55. The first-order valence-corrected chi connectivity index (χ1v) is 8.03. The lowest BCUT2D eigenvalue weighted by Gasteiger charge is -2.23. The Morgan fingerprint density at radius 1 is 1.12 bits per heavy atom. The molecule has 2 aromatic carbocycles. The molecule has 0 aromatic heterocycles. The molecule has 0 bridgehead atoms. The number of hydrogen-bond acceptors (Lipinski definition) is 3. The van der Waals surface area contributed by atoms with E-state index in [2.05, 4.69) is 10.6 Å². The molecule has 2 amide bonds. The summed E-state index contributed by atoms with van der Waals surface area (Å²) in [6.07, 6.45) is 0. The van der Waals surface area contributed by atoms with Gasteiger partial charge in [0.05, 0.1) is 12.2 Å². The lowest BCUT2D eigenvalue weighted by atomic mass is 10.1. The number of rotatable bonds is 6. The summed E-state index contributed by atoms with van der Waals surface area (Å²) in [7, 11) is 3.35. The van der Waals surface area contributed by atoms with Crippen LogP contribution in [0.4, 0.5) is 14.5 Å². The minimum Gasteiger partial charge on any atom is -0.345 e. The molecule has 2 aromatic rings. The number of carbonyl (C=O) groups excluding carboxylic acids is 2. The second-order valence-electron chi connectivity index (χ2n) is 6.17. The predicted octanol–water partition coefficient (Wildman–Crippen LogP) is 2.63. The van der Waals surface area contributed by atoms with Gasteiger partial charge in [-0.15, -0.1) is 0 Å². The molecular formula is C19H21F2N3O2. The van der Waals surface area contributed by atoms with Crippen LogP contribution >= 0.6 is 0 Å². The average molecular weight is 361 g/mol. The molecule has 0 aliphatic carbocycles. The Morgan fingerprint density at radius 3 is 2.46 bits per heavy atom. The number of amides is 2. The predicted molar refractivity (Wildman–Crippen MR) is 95.6 cm³/mol. The molecule has 0 spiro atoms. The fourth-order valence-electron chi connectivity index (χ4n) is 2.54. The molecule has 0 radical (unpaired) electrons. The highest BCUT2D eigenvalue weighted by molar-refractivity contribution is 5.95. The molecular weight excluding hydrogens is 340 g/mol. The third-order valence-electron chi connectivity index (χ3n) is 3.75. The first-order valence-electron chi connectivity index (χ1n) is 8.03. The van der Waals surface area contributed by atoms with Crippen molar-refractivity contribution in [2.24, 2.45) is 0 Å². The Balaban J connectivity index is 2.00. The van der Waals surface area contributed by atoms with E-state index in [9.17, 15) is 18.4 Å². The standard InChI is InChI=1S/C19H21F2N3O2/c1-12-7-8-16(15(21)9-12)23-17(25)11-22-19(26)18(24(2)3)13-5-4-6-14(20)10-13/h4-10,18H,11H2,1-3H3,(H,22,26)(H,23,25)/t18-/m1/s1. The topological polar surface area (TPSA) is 61.4 Å². The molecule has 138 valence electrons. The van der Waals surface area contributed by atoms with Gasteiger partial charge in [0, 0.05) is 0 Å². The molecule has 0 fully saturated rings. The number of likely N-dealkylation sites (N-methyl/N-ethyl adjacent to an activating group) is 1. The van der Waals surface area contributed by atoms with Crippen LogP contribution in [0.5, 0.6) is 0 Å². The maximum Gasteiger partial charge on any atom is 0.243 e. The normalized spacial score (nSPS) is 11.9. The summed E-state index contributed by atoms with van der Waals surface area (Å²) < 4.78 is 27.2. The fraction of sp³-hybridized carbons (Fsp3) is 0.263. The van der Waals surface area contributed by atoms with Crippen molar-refractivity contribution in [3.05, 3.63) is 65.2 Å². The van der Waals surface area contributed by atoms with Crippen molar-refractivity contribution < 1.29 is 18.4 Å². The number of nitrogens with zero attached hydrogens (tertiary/aromatic N) is 1. The summed E-state index contributed by atoms with van der Waals surface area (Å²) in [5, 5.41) is 4.90. The molecule has 7 heteroatoms. The molecule has 0 aliphatic heterocycles. The van der Waals surface area contributed by atoms with Crippen LogP contribution in [-0.4, -0.2) is 37.4 Å².